The maximum atomic E-state index is 4.04. The van der Waals surface area contributed by atoms with Crippen molar-refractivity contribution in [1.29, 1.82) is 0 Å². The van der Waals surface area contributed by atoms with Crippen molar-refractivity contribution in [2.24, 2.45) is 0 Å². The topological polar surface area (TPSA) is 36.1 Å². The van der Waals surface area contributed by atoms with Gasteiger partial charge in [0.25, 0.3) is 0 Å². The Bertz CT molecular complexity index is 785. The molecular formula is C21H23N3. The van der Waals surface area contributed by atoms with Crippen LogP contribution in [0, 0.1) is 0 Å². The Hall–Kier alpha value is -2.94. The minimum absolute atomic E-state index is 0.894. The highest BCUT2D eigenvalue weighted by molar-refractivity contribution is 5.85. The molecule has 3 rings (SSSR count). The van der Waals surface area contributed by atoms with Gasteiger partial charge in [-0.3, -0.25) is 0 Å². The third kappa shape index (κ3) is 3.87. The summed E-state index contributed by atoms with van der Waals surface area (Å²) in [6, 6.07) is 14.6. The van der Waals surface area contributed by atoms with E-state index in [1.165, 1.54) is 5.56 Å². The van der Waals surface area contributed by atoms with Crippen molar-refractivity contribution in [3.63, 3.8) is 0 Å². The lowest BCUT2D eigenvalue weighted by Crippen LogP contribution is -2.00. The predicted molar refractivity (Wildman–Crippen MR) is 106 cm³/mol. The monoisotopic (exact) mass is 317 g/mol. The van der Waals surface area contributed by atoms with Crippen molar-refractivity contribution in [2.45, 2.75) is 13.3 Å². The lowest BCUT2D eigenvalue weighted by molar-refractivity contribution is 1.03. The standard InChI is InChI=1S/C21H23N3/c1-15(2)23-19-11-8-17(9-12-19)7-10-18-5-4-6-20-21(18)22-14-13-16(3)24-20/h4-12,22-24H,1,3,13-14H2,2H3/b10-7+. The number of allylic oxidation sites excluding steroid dienone is 1. The van der Waals surface area contributed by atoms with Gasteiger partial charge in [0.1, 0.15) is 0 Å². The van der Waals surface area contributed by atoms with Gasteiger partial charge in [0.05, 0.1) is 11.4 Å². The number of fused-ring (bicyclic) bond motifs is 1. The molecule has 1 heterocycles. The zero-order valence-corrected chi connectivity index (χ0v) is 14.0. The summed E-state index contributed by atoms with van der Waals surface area (Å²) in [5.74, 6) is 0. The van der Waals surface area contributed by atoms with E-state index >= 15 is 0 Å². The van der Waals surface area contributed by atoms with Gasteiger partial charge in [-0.05, 0) is 36.2 Å². The lowest BCUT2D eigenvalue weighted by atomic mass is 10.1. The van der Waals surface area contributed by atoms with Crippen LogP contribution in [0.15, 0.2) is 67.0 Å². The Morgan fingerprint density at radius 2 is 1.92 bits per heavy atom. The van der Waals surface area contributed by atoms with Crippen molar-refractivity contribution >= 4 is 29.2 Å². The van der Waals surface area contributed by atoms with E-state index in [4.69, 9.17) is 0 Å². The van der Waals surface area contributed by atoms with E-state index in [1.54, 1.807) is 0 Å². The molecule has 2 aromatic rings. The number of anilines is 3. The van der Waals surface area contributed by atoms with Crippen molar-refractivity contribution in [3.8, 4) is 0 Å². The normalized spacial score (nSPS) is 13.6. The van der Waals surface area contributed by atoms with Crippen LogP contribution in [0.4, 0.5) is 17.1 Å². The van der Waals surface area contributed by atoms with Crippen LogP contribution >= 0.6 is 0 Å². The molecule has 0 fully saturated rings. The highest BCUT2D eigenvalue weighted by atomic mass is 15.0. The molecule has 0 amide bonds. The zero-order chi connectivity index (χ0) is 16.9. The van der Waals surface area contributed by atoms with Crippen LogP contribution in [0.1, 0.15) is 24.5 Å². The smallest absolute Gasteiger partial charge is 0.0653 e. The van der Waals surface area contributed by atoms with E-state index in [-0.39, 0.29) is 0 Å². The minimum Gasteiger partial charge on any atom is -0.382 e. The second-order valence-electron chi connectivity index (χ2n) is 6.04. The van der Waals surface area contributed by atoms with Crippen molar-refractivity contribution in [2.75, 3.05) is 22.5 Å². The quantitative estimate of drug-likeness (QED) is 0.648. The Kier molecular flexibility index (Phi) is 4.71. The largest absolute Gasteiger partial charge is 0.382 e. The molecular weight excluding hydrogens is 294 g/mol. The molecule has 1 aliphatic rings. The first-order valence-electron chi connectivity index (χ1n) is 8.14. The molecule has 0 aliphatic carbocycles. The van der Waals surface area contributed by atoms with Crippen LogP contribution in [-0.4, -0.2) is 6.54 Å². The van der Waals surface area contributed by atoms with E-state index in [9.17, 15) is 0 Å². The summed E-state index contributed by atoms with van der Waals surface area (Å²) in [6.07, 6.45) is 5.19. The summed E-state index contributed by atoms with van der Waals surface area (Å²) in [7, 11) is 0. The molecule has 0 aromatic heterocycles. The second kappa shape index (κ2) is 7.09. The molecule has 1 aliphatic heterocycles. The van der Waals surface area contributed by atoms with Crippen molar-refractivity contribution in [1.82, 2.24) is 0 Å². The molecule has 0 spiro atoms. The SMILES string of the molecule is C=C(C)Nc1ccc(/C=C/c2cccc3c2NCCC(=C)N3)cc1. The Labute approximate surface area is 143 Å². The van der Waals surface area contributed by atoms with Gasteiger partial charge in [-0.2, -0.15) is 0 Å². The van der Waals surface area contributed by atoms with Crippen molar-refractivity contribution < 1.29 is 0 Å². The Morgan fingerprint density at radius 3 is 2.67 bits per heavy atom. The van der Waals surface area contributed by atoms with Gasteiger partial charge in [-0.25, -0.2) is 0 Å². The molecule has 3 heteroatoms. The molecule has 24 heavy (non-hydrogen) atoms. The molecule has 122 valence electrons. The molecule has 0 bridgehead atoms. The predicted octanol–water partition coefficient (Wildman–Crippen LogP) is 5.54. The van der Waals surface area contributed by atoms with Crippen molar-refractivity contribution in [3.05, 3.63) is 78.1 Å². The molecule has 3 nitrogen and oxygen atoms in total. The highest BCUT2D eigenvalue weighted by Gasteiger charge is 2.10. The van der Waals surface area contributed by atoms with Crippen LogP contribution in [0.3, 0.4) is 0 Å². The number of benzene rings is 2. The van der Waals surface area contributed by atoms with Crippen LogP contribution in [0.2, 0.25) is 0 Å². The molecule has 0 saturated carbocycles. The van der Waals surface area contributed by atoms with E-state index < -0.39 is 0 Å². The highest BCUT2D eigenvalue weighted by Crippen LogP contribution is 2.31. The first kappa shape index (κ1) is 15.9. The van der Waals surface area contributed by atoms with Crippen LogP contribution in [0.25, 0.3) is 12.2 Å². The van der Waals surface area contributed by atoms with E-state index in [2.05, 4.69) is 83.7 Å². The maximum absolute atomic E-state index is 4.04. The van der Waals surface area contributed by atoms with Gasteiger partial charge in [0, 0.05) is 30.0 Å². The zero-order valence-electron chi connectivity index (χ0n) is 14.0. The second-order valence-corrected chi connectivity index (χ2v) is 6.04. The fourth-order valence-corrected chi connectivity index (χ4v) is 2.71. The third-order valence-corrected chi connectivity index (χ3v) is 3.86. The number of rotatable bonds is 4. The fourth-order valence-electron chi connectivity index (χ4n) is 2.71. The minimum atomic E-state index is 0.894. The average Bonchev–Trinajstić information content (AvgIpc) is 2.74. The third-order valence-electron chi connectivity index (χ3n) is 3.86. The van der Waals surface area contributed by atoms with Gasteiger partial charge >= 0.3 is 0 Å². The summed E-state index contributed by atoms with van der Waals surface area (Å²) in [4.78, 5) is 0. The van der Waals surface area contributed by atoms with Gasteiger partial charge in [-0.15, -0.1) is 0 Å². The molecule has 0 atom stereocenters. The molecule has 0 unspecified atom stereocenters. The maximum Gasteiger partial charge on any atom is 0.0653 e. The van der Waals surface area contributed by atoms with Gasteiger partial charge in [0.2, 0.25) is 0 Å². The molecule has 0 saturated heterocycles. The summed E-state index contributed by atoms with van der Waals surface area (Å²) in [5, 5.41) is 10.1. The van der Waals surface area contributed by atoms with Gasteiger partial charge in [-0.1, -0.05) is 49.6 Å². The Morgan fingerprint density at radius 1 is 1.12 bits per heavy atom. The number of para-hydroxylation sites is 1. The van der Waals surface area contributed by atoms with Crippen LogP contribution < -0.4 is 16.0 Å². The van der Waals surface area contributed by atoms with E-state index in [1.807, 2.05) is 6.92 Å². The van der Waals surface area contributed by atoms with Crippen LogP contribution in [0.5, 0.6) is 0 Å². The number of nitrogens with one attached hydrogen (secondary N) is 3. The first-order chi connectivity index (χ1) is 11.6. The summed E-state index contributed by atoms with van der Waals surface area (Å²) >= 11 is 0. The van der Waals surface area contributed by atoms with Gasteiger partial charge in [0.15, 0.2) is 0 Å². The molecule has 3 N–H and O–H groups in total. The van der Waals surface area contributed by atoms with Crippen LogP contribution in [-0.2, 0) is 0 Å². The van der Waals surface area contributed by atoms with E-state index in [0.717, 1.165) is 47.0 Å². The average molecular weight is 317 g/mol. The fraction of sp³-hybridized carbons (Fsp3) is 0.143. The Balaban J connectivity index is 1.81. The lowest BCUT2D eigenvalue weighted by Gasteiger charge is -2.11. The number of hydrogen-bond acceptors (Lipinski definition) is 3. The first-order valence-corrected chi connectivity index (χ1v) is 8.14. The van der Waals surface area contributed by atoms with E-state index in [0.29, 0.717) is 0 Å². The summed E-state index contributed by atoms with van der Waals surface area (Å²) < 4.78 is 0. The van der Waals surface area contributed by atoms with Gasteiger partial charge < -0.3 is 16.0 Å². The number of hydrogen-bond donors (Lipinski definition) is 3. The molecule has 2 aromatic carbocycles. The summed E-state index contributed by atoms with van der Waals surface area (Å²) in [5.41, 5.74) is 7.57. The summed E-state index contributed by atoms with van der Waals surface area (Å²) in [6.45, 7) is 10.7. The molecule has 0 radical (unpaired) electrons.